The lowest BCUT2D eigenvalue weighted by atomic mass is 10.2. The number of amides is 1. The maximum absolute atomic E-state index is 11.3. The molecule has 0 bridgehead atoms. The second kappa shape index (κ2) is 7.27. The van der Waals surface area contributed by atoms with Crippen LogP contribution in [0.2, 0.25) is 0 Å². The van der Waals surface area contributed by atoms with Gasteiger partial charge in [0.1, 0.15) is 6.04 Å². The first-order chi connectivity index (χ1) is 8.91. The van der Waals surface area contributed by atoms with Crippen LogP contribution in [0.1, 0.15) is 12.8 Å². The number of rotatable bonds is 5. The van der Waals surface area contributed by atoms with Crippen molar-refractivity contribution < 1.29 is 19.8 Å². The first kappa shape index (κ1) is 15.7. The summed E-state index contributed by atoms with van der Waals surface area (Å²) < 4.78 is 0. The molecule has 0 unspecified atom stereocenters. The molecule has 0 aliphatic carbocycles. The highest BCUT2D eigenvalue weighted by molar-refractivity contribution is 5.73. The second-order valence-corrected chi connectivity index (χ2v) is 4.75. The lowest BCUT2D eigenvalue weighted by Crippen LogP contribution is -2.49. The molecule has 1 rings (SSSR count). The summed E-state index contributed by atoms with van der Waals surface area (Å²) in [4.78, 5) is 24.0. The molecule has 1 atom stereocenters. The Balaban J connectivity index is 2.56. The Morgan fingerprint density at radius 1 is 1.26 bits per heavy atom. The molecule has 8 nitrogen and oxygen atoms in total. The Kier molecular flexibility index (Phi) is 6.00. The number of nitrogens with two attached hydrogens (primary N) is 1. The van der Waals surface area contributed by atoms with Crippen LogP contribution in [0.15, 0.2) is 0 Å². The highest BCUT2D eigenvalue weighted by Gasteiger charge is 2.24. The Morgan fingerprint density at radius 3 is 2.53 bits per heavy atom. The molecule has 0 aromatic rings. The van der Waals surface area contributed by atoms with Crippen LogP contribution in [0, 0.1) is 0 Å². The minimum absolute atomic E-state index is 0.104. The van der Waals surface area contributed by atoms with Gasteiger partial charge in [-0.1, -0.05) is 0 Å². The quantitative estimate of drug-likeness (QED) is 0.609. The molecule has 0 radical (unpaired) electrons. The van der Waals surface area contributed by atoms with Crippen LogP contribution in [0.3, 0.4) is 0 Å². The molecule has 1 saturated heterocycles. The molecule has 1 aliphatic heterocycles. The minimum atomic E-state index is -1.11. The summed E-state index contributed by atoms with van der Waals surface area (Å²) >= 11 is 0. The Morgan fingerprint density at radius 2 is 1.95 bits per heavy atom. The van der Waals surface area contributed by atoms with E-state index in [9.17, 15) is 14.7 Å². The van der Waals surface area contributed by atoms with Gasteiger partial charge in [-0.25, -0.2) is 14.8 Å². The van der Waals surface area contributed by atoms with Crippen molar-refractivity contribution in [3.05, 3.63) is 0 Å². The van der Waals surface area contributed by atoms with Gasteiger partial charge in [0.05, 0.1) is 0 Å². The fourth-order valence-electron chi connectivity index (χ4n) is 2.02. The van der Waals surface area contributed by atoms with E-state index < -0.39 is 18.1 Å². The molecule has 1 heterocycles. The molecule has 1 amide bonds. The van der Waals surface area contributed by atoms with Gasteiger partial charge in [0.25, 0.3) is 0 Å². The van der Waals surface area contributed by atoms with Crippen molar-refractivity contribution in [2.75, 3.05) is 39.8 Å². The number of aliphatic carboxylic acids is 1. The third-order valence-corrected chi connectivity index (χ3v) is 3.23. The number of nitrogens with zero attached hydrogens (tertiary/aromatic N) is 3. The SMILES string of the molecule is CN1CCCN(N(CC[C@H](N)C(=O)O)C(=O)O)CC1. The van der Waals surface area contributed by atoms with Crippen LogP contribution in [0.25, 0.3) is 0 Å². The first-order valence-corrected chi connectivity index (χ1v) is 6.34. The molecule has 0 saturated carbocycles. The van der Waals surface area contributed by atoms with E-state index in [2.05, 4.69) is 4.90 Å². The molecule has 110 valence electrons. The number of carboxylic acids is 1. The molecule has 0 spiro atoms. The number of hydrogen-bond acceptors (Lipinski definition) is 5. The largest absolute Gasteiger partial charge is 0.480 e. The highest BCUT2D eigenvalue weighted by atomic mass is 16.4. The second-order valence-electron chi connectivity index (χ2n) is 4.75. The third kappa shape index (κ3) is 5.01. The van der Waals surface area contributed by atoms with Gasteiger partial charge >= 0.3 is 12.1 Å². The van der Waals surface area contributed by atoms with Crippen LogP contribution in [0.4, 0.5) is 4.79 Å². The number of hydrogen-bond donors (Lipinski definition) is 3. The maximum atomic E-state index is 11.3. The van der Waals surface area contributed by atoms with Crippen molar-refractivity contribution in [2.24, 2.45) is 5.73 Å². The van der Waals surface area contributed by atoms with Gasteiger partial charge in [-0.3, -0.25) is 4.79 Å². The van der Waals surface area contributed by atoms with E-state index in [0.29, 0.717) is 13.1 Å². The van der Waals surface area contributed by atoms with Crippen molar-refractivity contribution in [3.8, 4) is 0 Å². The van der Waals surface area contributed by atoms with Crippen LogP contribution in [-0.2, 0) is 4.79 Å². The standard InChI is InChI=1S/C11H22N4O4/c1-13-4-2-5-14(8-7-13)15(11(18)19)6-3-9(12)10(16)17/h9H,2-8,12H2,1H3,(H,16,17)(H,18,19)/t9-/m0/s1. The fourth-order valence-corrected chi connectivity index (χ4v) is 2.02. The Bertz CT molecular complexity index is 326. The van der Waals surface area contributed by atoms with Gasteiger partial charge in [0.2, 0.25) is 0 Å². The van der Waals surface area contributed by atoms with Gasteiger partial charge in [-0.15, -0.1) is 0 Å². The number of hydrazine groups is 1. The molecule has 1 fully saturated rings. The number of carboxylic acid groups (broad SMARTS) is 2. The molecule has 8 heteroatoms. The van der Waals surface area contributed by atoms with Gasteiger partial charge in [0.15, 0.2) is 0 Å². The summed E-state index contributed by atoms with van der Waals surface area (Å²) in [6.45, 7) is 3.09. The third-order valence-electron chi connectivity index (χ3n) is 3.23. The molecule has 0 aromatic carbocycles. The van der Waals surface area contributed by atoms with E-state index in [0.717, 1.165) is 19.5 Å². The van der Waals surface area contributed by atoms with Crippen LogP contribution < -0.4 is 5.73 Å². The Hall–Kier alpha value is -1.38. The average Bonchev–Trinajstić information content (AvgIpc) is 2.54. The summed E-state index contributed by atoms with van der Waals surface area (Å²) in [5, 5.41) is 20.9. The summed E-state index contributed by atoms with van der Waals surface area (Å²) in [7, 11) is 1.99. The molecule has 4 N–H and O–H groups in total. The lowest BCUT2D eigenvalue weighted by molar-refractivity contribution is -0.139. The summed E-state index contributed by atoms with van der Waals surface area (Å²) in [5.41, 5.74) is 5.40. The van der Waals surface area contributed by atoms with Gasteiger partial charge < -0.3 is 20.8 Å². The Labute approximate surface area is 112 Å². The maximum Gasteiger partial charge on any atom is 0.421 e. The molecule has 19 heavy (non-hydrogen) atoms. The van der Waals surface area contributed by atoms with Gasteiger partial charge in [0, 0.05) is 26.2 Å². The molecular weight excluding hydrogens is 252 g/mol. The van der Waals surface area contributed by atoms with Crippen LogP contribution >= 0.6 is 0 Å². The van der Waals surface area contributed by atoms with E-state index in [4.69, 9.17) is 10.8 Å². The average molecular weight is 274 g/mol. The summed E-state index contributed by atoms with van der Waals surface area (Å²) in [6, 6.07) is -1.03. The van der Waals surface area contributed by atoms with Crippen molar-refractivity contribution >= 4 is 12.1 Å². The topological polar surface area (TPSA) is 110 Å². The first-order valence-electron chi connectivity index (χ1n) is 6.34. The van der Waals surface area contributed by atoms with E-state index >= 15 is 0 Å². The monoisotopic (exact) mass is 274 g/mol. The minimum Gasteiger partial charge on any atom is -0.480 e. The molecular formula is C11H22N4O4. The zero-order chi connectivity index (χ0) is 14.4. The number of likely N-dealkylation sites (N-methyl/N-ethyl adjacent to an activating group) is 1. The van der Waals surface area contributed by atoms with Crippen LogP contribution in [-0.4, -0.2) is 83.0 Å². The predicted octanol–water partition coefficient (Wildman–Crippen LogP) is -0.679. The van der Waals surface area contributed by atoms with Gasteiger partial charge in [-0.2, -0.15) is 0 Å². The van der Waals surface area contributed by atoms with Gasteiger partial charge in [-0.05, 0) is 26.4 Å². The highest BCUT2D eigenvalue weighted by Crippen LogP contribution is 2.07. The van der Waals surface area contributed by atoms with Crippen molar-refractivity contribution in [1.82, 2.24) is 14.9 Å². The van der Waals surface area contributed by atoms with E-state index in [1.54, 1.807) is 5.01 Å². The van der Waals surface area contributed by atoms with Crippen molar-refractivity contribution in [2.45, 2.75) is 18.9 Å². The van der Waals surface area contributed by atoms with Crippen molar-refractivity contribution in [1.29, 1.82) is 0 Å². The van der Waals surface area contributed by atoms with Crippen LogP contribution in [0.5, 0.6) is 0 Å². The zero-order valence-electron chi connectivity index (χ0n) is 11.2. The van der Waals surface area contributed by atoms with Crippen molar-refractivity contribution in [3.63, 3.8) is 0 Å². The number of carbonyl (C=O) groups is 2. The fraction of sp³-hybridized carbons (Fsp3) is 0.818. The smallest absolute Gasteiger partial charge is 0.421 e. The predicted molar refractivity (Wildman–Crippen MR) is 68.6 cm³/mol. The summed E-state index contributed by atoms with van der Waals surface area (Å²) in [6.07, 6.45) is -0.0821. The lowest BCUT2D eigenvalue weighted by Gasteiger charge is -2.32. The normalized spacial score (nSPS) is 19.7. The van der Waals surface area contributed by atoms with E-state index in [1.807, 2.05) is 7.05 Å². The summed E-state index contributed by atoms with van der Waals surface area (Å²) in [5.74, 6) is -1.11. The van der Waals surface area contributed by atoms with E-state index in [1.165, 1.54) is 5.01 Å². The molecule has 0 aromatic heterocycles. The van der Waals surface area contributed by atoms with E-state index in [-0.39, 0.29) is 13.0 Å². The molecule has 1 aliphatic rings. The zero-order valence-corrected chi connectivity index (χ0v) is 11.2.